The van der Waals surface area contributed by atoms with Crippen LogP contribution >= 0.6 is 0 Å². The molecule has 19 heavy (non-hydrogen) atoms. The summed E-state index contributed by atoms with van der Waals surface area (Å²) in [6.45, 7) is 5.33. The van der Waals surface area contributed by atoms with Crippen molar-refractivity contribution in [3.63, 3.8) is 0 Å². The van der Waals surface area contributed by atoms with Crippen LogP contribution in [0, 0.1) is 6.92 Å². The van der Waals surface area contributed by atoms with Gasteiger partial charge in [0, 0.05) is 0 Å². The molecule has 5 nitrogen and oxygen atoms in total. The maximum absolute atomic E-state index is 11.9. The fourth-order valence-electron chi connectivity index (χ4n) is 1.47. The first kappa shape index (κ1) is 15.7. The maximum atomic E-state index is 11.9. The van der Waals surface area contributed by atoms with Gasteiger partial charge in [0.15, 0.2) is 0 Å². The molecule has 0 aliphatic carbocycles. The molecule has 0 unspecified atom stereocenters. The van der Waals surface area contributed by atoms with Crippen LogP contribution in [0.25, 0.3) is 0 Å². The predicted molar refractivity (Wildman–Crippen MR) is 70.2 cm³/mol. The Balaban J connectivity index is 2.69. The van der Waals surface area contributed by atoms with Crippen molar-refractivity contribution < 1.29 is 22.1 Å². The minimum absolute atomic E-state index is 0.0776. The first-order valence-electron chi connectivity index (χ1n) is 6.00. The number of carbonyl (C=O) groups is 1. The average Bonchev–Trinajstić information content (AvgIpc) is 2.28. The molecule has 0 bridgehead atoms. The highest BCUT2D eigenvalue weighted by atomic mass is 32.2. The number of carbonyl (C=O) groups excluding carboxylic acids is 1. The third kappa shape index (κ3) is 5.00. The molecule has 0 aromatic heterocycles. The first-order valence-corrected chi connectivity index (χ1v) is 7.41. The monoisotopic (exact) mass is 286 g/mol. The van der Waals surface area contributed by atoms with Gasteiger partial charge in [0.1, 0.15) is 0 Å². The molecule has 0 aliphatic heterocycles. The van der Waals surface area contributed by atoms with Crippen molar-refractivity contribution in [2.24, 2.45) is 0 Å². The Morgan fingerprint density at radius 2 is 1.84 bits per heavy atom. The van der Waals surface area contributed by atoms with Gasteiger partial charge in [0.05, 0.1) is 24.0 Å². The molecule has 0 heterocycles. The van der Waals surface area contributed by atoms with Gasteiger partial charge in [0.25, 0.3) is 10.1 Å². The van der Waals surface area contributed by atoms with E-state index in [-0.39, 0.29) is 17.9 Å². The summed E-state index contributed by atoms with van der Waals surface area (Å²) < 4.78 is 33.5. The van der Waals surface area contributed by atoms with Crippen LogP contribution in [0.5, 0.6) is 0 Å². The fraction of sp³-hybridized carbons (Fsp3) is 0.462. The standard InChI is InChI=1S/C13H18O5S/c1-4-17-13(14)9-11(3)18-19(15,16)12-7-5-10(2)6-8-12/h5-8,11H,4,9H2,1-3H3/t11-/m0/s1. The van der Waals surface area contributed by atoms with E-state index in [0.717, 1.165) is 5.56 Å². The van der Waals surface area contributed by atoms with E-state index in [2.05, 4.69) is 0 Å². The van der Waals surface area contributed by atoms with E-state index in [9.17, 15) is 13.2 Å². The summed E-state index contributed by atoms with van der Waals surface area (Å²) in [5.74, 6) is -0.478. The number of benzene rings is 1. The normalized spacial score (nSPS) is 13.0. The Morgan fingerprint density at radius 3 is 2.37 bits per heavy atom. The SMILES string of the molecule is CCOC(=O)C[C@H](C)OS(=O)(=O)c1ccc(C)cc1. The van der Waals surface area contributed by atoms with Crippen molar-refractivity contribution in [2.75, 3.05) is 6.61 Å². The van der Waals surface area contributed by atoms with E-state index in [1.807, 2.05) is 6.92 Å². The lowest BCUT2D eigenvalue weighted by Crippen LogP contribution is -2.20. The Labute approximate surface area is 113 Å². The van der Waals surface area contributed by atoms with Crippen molar-refractivity contribution in [1.29, 1.82) is 0 Å². The van der Waals surface area contributed by atoms with E-state index in [4.69, 9.17) is 8.92 Å². The second-order valence-corrected chi connectivity index (χ2v) is 5.76. The number of ether oxygens (including phenoxy) is 1. The third-order valence-electron chi connectivity index (χ3n) is 2.36. The van der Waals surface area contributed by atoms with Crippen LogP contribution in [0.1, 0.15) is 25.8 Å². The van der Waals surface area contributed by atoms with Crippen molar-refractivity contribution in [1.82, 2.24) is 0 Å². The molecule has 0 N–H and O–H groups in total. The van der Waals surface area contributed by atoms with E-state index in [1.54, 1.807) is 19.1 Å². The molecule has 1 atom stereocenters. The number of aryl methyl sites for hydroxylation is 1. The minimum atomic E-state index is -3.84. The van der Waals surface area contributed by atoms with Crippen LogP contribution in [0.15, 0.2) is 29.2 Å². The summed E-state index contributed by atoms with van der Waals surface area (Å²) in [6.07, 6.45) is -0.857. The molecule has 0 saturated heterocycles. The van der Waals surface area contributed by atoms with Crippen molar-refractivity contribution >= 4 is 16.1 Å². The van der Waals surface area contributed by atoms with Gasteiger partial charge >= 0.3 is 5.97 Å². The molecule has 1 aromatic carbocycles. The van der Waals surface area contributed by atoms with E-state index in [0.29, 0.717) is 0 Å². The zero-order valence-electron chi connectivity index (χ0n) is 11.3. The van der Waals surface area contributed by atoms with Gasteiger partial charge in [-0.25, -0.2) is 0 Å². The van der Waals surface area contributed by atoms with Crippen molar-refractivity contribution in [3.05, 3.63) is 29.8 Å². The second-order valence-electron chi connectivity index (χ2n) is 4.18. The summed E-state index contributed by atoms with van der Waals surface area (Å²) >= 11 is 0. The lowest BCUT2D eigenvalue weighted by molar-refractivity contribution is -0.144. The summed E-state index contributed by atoms with van der Waals surface area (Å²) in [7, 11) is -3.84. The summed E-state index contributed by atoms with van der Waals surface area (Å²) in [5, 5.41) is 0. The number of hydrogen-bond donors (Lipinski definition) is 0. The highest BCUT2D eigenvalue weighted by Crippen LogP contribution is 2.16. The fourth-order valence-corrected chi connectivity index (χ4v) is 2.55. The molecule has 0 saturated carbocycles. The molecule has 0 fully saturated rings. The summed E-state index contributed by atoms with van der Waals surface area (Å²) in [5.41, 5.74) is 0.957. The van der Waals surface area contributed by atoms with Gasteiger partial charge in [-0.3, -0.25) is 8.98 Å². The molecule has 0 aliphatic rings. The van der Waals surface area contributed by atoms with E-state index in [1.165, 1.54) is 19.1 Å². The Hall–Kier alpha value is -1.40. The van der Waals surface area contributed by atoms with Gasteiger partial charge in [-0.05, 0) is 32.9 Å². The zero-order valence-corrected chi connectivity index (χ0v) is 12.1. The Bertz CT molecular complexity index is 518. The van der Waals surface area contributed by atoms with Gasteiger partial charge in [-0.1, -0.05) is 17.7 Å². The zero-order chi connectivity index (χ0) is 14.5. The first-order chi connectivity index (χ1) is 8.85. The highest BCUT2D eigenvalue weighted by Gasteiger charge is 2.21. The van der Waals surface area contributed by atoms with Crippen LogP contribution in [0.2, 0.25) is 0 Å². The average molecular weight is 286 g/mol. The molecule has 1 rings (SSSR count). The second kappa shape index (κ2) is 6.68. The van der Waals surface area contributed by atoms with Crippen LogP contribution in [-0.4, -0.2) is 27.1 Å². The van der Waals surface area contributed by atoms with E-state index < -0.39 is 22.2 Å². The minimum Gasteiger partial charge on any atom is -0.466 e. The van der Waals surface area contributed by atoms with Crippen LogP contribution < -0.4 is 0 Å². The third-order valence-corrected chi connectivity index (χ3v) is 3.79. The number of rotatable bonds is 6. The van der Waals surface area contributed by atoms with Crippen LogP contribution in [-0.2, 0) is 23.8 Å². The Kier molecular flexibility index (Phi) is 5.50. The van der Waals surface area contributed by atoms with Gasteiger partial charge < -0.3 is 4.74 Å². The highest BCUT2D eigenvalue weighted by molar-refractivity contribution is 7.86. The molecule has 0 amide bonds. The maximum Gasteiger partial charge on any atom is 0.308 e. The summed E-state index contributed by atoms with van der Waals surface area (Å²) in [4.78, 5) is 11.3. The lowest BCUT2D eigenvalue weighted by Gasteiger charge is -2.12. The van der Waals surface area contributed by atoms with E-state index >= 15 is 0 Å². The largest absolute Gasteiger partial charge is 0.466 e. The molecule has 106 valence electrons. The van der Waals surface area contributed by atoms with Gasteiger partial charge in [0.2, 0.25) is 0 Å². The van der Waals surface area contributed by atoms with Crippen molar-refractivity contribution in [3.8, 4) is 0 Å². The van der Waals surface area contributed by atoms with Crippen LogP contribution in [0.4, 0.5) is 0 Å². The predicted octanol–water partition coefficient (Wildman–Crippen LogP) is 2.04. The smallest absolute Gasteiger partial charge is 0.308 e. The quantitative estimate of drug-likeness (QED) is 0.591. The van der Waals surface area contributed by atoms with Crippen molar-refractivity contribution in [2.45, 2.75) is 38.2 Å². The Morgan fingerprint density at radius 1 is 1.26 bits per heavy atom. The molecule has 0 radical (unpaired) electrons. The topological polar surface area (TPSA) is 69.7 Å². The van der Waals surface area contributed by atoms with Gasteiger partial charge in [-0.15, -0.1) is 0 Å². The molecular formula is C13H18O5S. The number of hydrogen-bond acceptors (Lipinski definition) is 5. The van der Waals surface area contributed by atoms with Gasteiger partial charge in [-0.2, -0.15) is 8.42 Å². The summed E-state index contributed by atoms with van der Waals surface area (Å²) in [6, 6.07) is 6.32. The molecular weight excluding hydrogens is 268 g/mol. The lowest BCUT2D eigenvalue weighted by atomic mass is 10.2. The molecule has 1 aromatic rings. The van der Waals surface area contributed by atoms with Crippen LogP contribution in [0.3, 0.4) is 0 Å². The molecule has 6 heteroatoms. The number of esters is 1. The molecule has 0 spiro atoms.